The molecule has 0 unspecified atom stereocenters. The maximum atomic E-state index is 12.5. The lowest BCUT2D eigenvalue weighted by atomic mass is 10.1. The summed E-state index contributed by atoms with van der Waals surface area (Å²) in [7, 11) is 0. The van der Waals surface area contributed by atoms with E-state index in [0.29, 0.717) is 0 Å². The van der Waals surface area contributed by atoms with E-state index < -0.39 is 0 Å². The molecule has 0 aliphatic carbocycles. The smallest absolute Gasteiger partial charge is 0.249 e. The molecule has 110 valence electrons. The van der Waals surface area contributed by atoms with Crippen molar-refractivity contribution >= 4 is 27.9 Å². The quantitative estimate of drug-likeness (QED) is 0.722. The molecule has 0 N–H and O–H groups in total. The fraction of sp³-hybridized carbons (Fsp3) is 0.471. The average molecular weight is 338 g/mol. The summed E-state index contributed by atoms with van der Waals surface area (Å²) in [6.07, 6.45) is 1.96. The molecule has 1 aromatic carbocycles. The van der Waals surface area contributed by atoms with E-state index in [9.17, 15) is 4.79 Å². The van der Waals surface area contributed by atoms with Crippen molar-refractivity contribution in [3.8, 4) is 0 Å². The van der Waals surface area contributed by atoms with Gasteiger partial charge in [0.25, 0.3) is 0 Å². The van der Waals surface area contributed by atoms with Gasteiger partial charge in [-0.25, -0.2) is 0 Å². The Morgan fingerprint density at radius 2 is 1.70 bits per heavy atom. The Bertz CT molecular complexity index is 489. The largest absolute Gasteiger partial charge is 0.334 e. The third kappa shape index (κ3) is 4.48. The van der Waals surface area contributed by atoms with Gasteiger partial charge in [0.15, 0.2) is 0 Å². The molecule has 0 saturated heterocycles. The lowest BCUT2D eigenvalue weighted by Gasteiger charge is -2.31. The highest BCUT2D eigenvalue weighted by atomic mass is 79.9. The molecule has 0 aliphatic heterocycles. The number of aryl methyl sites for hydroxylation is 1. The number of rotatable bonds is 4. The van der Waals surface area contributed by atoms with Crippen molar-refractivity contribution in [2.45, 2.75) is 53.6 Å². The van der Waals surface area contributed by atoms with Crippen LogP contribution in [0.3, 0.4) is 0 Å². The maximum absolute atomic E-state index is 12.5. The minimum Gasteiger partial charge on any atom is -0.334 e. The summed E-state index contributed by atoms with van der Waals surface area (Å²) in [5.41, 5.74) is 3.00. The van der Waals surface area contributed by atoms with Crippen LogP contribution in [0.5, 0.6) is 0 Å². The number of nitrogens with zero attached hydrogens (tertiary/aromatic N) is 1. The highest BCUT2D eigenvalue weighted by Crippen LogP contribution is 2.19. The van der Waals surface area contributed by atoms with Crippen molar-refractivity contribution in [1.29, 1.82) is 0 Å². The first-order valence-electron chi connectivity index (χ1n) is 7.00. The molecule has 0 radical (unpaired) electrons. The van der Waals surface area contributed by atoms with Gasteiger partial charge in [0.2, 0.25) is 5.91 Å². The molecule has 20 heavy (non-hydrogen) atoms. The summed E-state index contributed by atoms with van der Waals surface area (Å²) in [5.74, 6) is 0.104. The molecule has 0 bridgehead atoms. The second-order valence-electron chi connectivity index (χ2n) is 5.79. The molecule has 0 saturated carbocycles. The van der Waals surface area contributed by atoms with Crippen LogP contribution in [0.2, 0.25) is 0 Å². The van der Waals surface area contributed by atoms with Crippen molar-refractivity contribution in [1.82, 2.24) is 4.90 Å². The zero-order valence-corrected chi connectivity index (χ0v) is 14.8. The van der Waals surface area contributed by atoms with Gasteiger partial charge in [0, 0.05) is 22.1 Å². The van der Waals surface area contributed by atoms with Crippen molar-refractivity contribution in [2.75, 3.05) is 0 Å². The minimum absolute atomic E-state index is 0.104. The second kappa shape index (κ2) is 7.07. The summed E-state index contributed by atoms with van der Waals surface area (Å²) in [6.45, 7) is 12.1. The predicted molar refractivity (Wildman–Crippen MR) is 89.6 cm³/mol. The van der Waals surface area contributed by atoms with E-state index in [1.807, 2.05) is 30.9 Å². The topological polar surface area (TPSA) is 20.3 Å². The number of hydrogen-bond acceptors (Lipinski definition) is 1. The van der Waals surface area contributed by atoms with Gasteiger partial charge in [-0.05, 0) is 70.9 Å². The van der Waals surface area contributed by atoms with Crippen LogP contribution < -0.4 is 0 Å². The van der Waals surface area contributed by atoms with Gasteiger partial charge in [-0.1, -0.05) is 22.0 Å². The van der Waals surface area contributed by atoms with E-state index in [1.54, 1.807) is 0 Å². The SMILES string of the molecule is C/C(=C/c1cc(C)cc(Br)c1)C(=O)N(C(C)C)C(C)C. The molecule has 0 fully saturated rings. The van der Waals surface area contributed by atoms with Crippen molar-refractivity contribution < 1.29 is 4.79 Å². The first-order valence-corrected chi connectivity index (χ1v) is 7.79. The first-order chi connectivity index (χ1) is 9.22. The van der Waals surface area contributed by atoms with Crippen LogP contribution in [0.4, 0.5) is 0 Å². The normalized spacial score (nSPS) is 12.2. The third-order valence-corrected chi connectivity index (χ3v) is 3.59. The Labute approximate surface area is 131 Å². The van der Waals surface area contributed by atoms with Crippen molar-refractivity contribution in [3.63, 3.8) is 0 Å². The van der Waals surface area contributed by atoms with Crippen LogP contribution in [-0.4, -0.2) is 22.9 Å². The molecule has 1 aromatic rings. The van der Waals surface area contributed by atoms with Gasteiger partial charge in [-0.15, -0.1) is 0 Å². The average Bonchev–Trinajstić information content (AvgIpc) is 2.25. The Hall–Kier alpha value is -1.09. The van der Waals surface area contributed by atoms with Crippen LogP contribution in [0.25, 0.3) is 6.08 Å². The number of halogens is 1. The number of hydrogen-bond donors (Lipinski definition) is 0. The summed E-state index contributed by atoms with van der Waals surface area (Å²) in [5, 5.41) is 0. The van der Waals surface area contributed by atoms with Crippen LogP contribution in [-0.2, 0) is 4.79 Å². The van der Waals surface area contributed by atoms with E-state index in [0.717, 1.165) is 15.6 Å². The zero-order valence-electron chi connectivity index (χ0n) is 13.2. The summed E-state index contributed by atoms with van der Waals surface area (Å²) in [6, 6.07) is 6.57. The lowest BCUT2D eigenvalue weighted by molar-refractivity contribution is -0.130. The predicted octanol–water partition coefficient (Wildman–Crippen LogP) is 4.81. The van der Waals surface area contributed by atoms with E-state index in [4.69, 9.17) is 0 Å². The number of amides is 1. The maximum Gasteiger partial charge on any atom is 0.249 e. The van der Waals surface area contributed by atoms with E-state index in [-0.39, 0.29) is 18.0 Å². The zero-order chi connectivity index (χ0) is 15.4. The molecule has 3 heteroatoms. The number of carbonyl (C=O) groups excluding carboxylic acids is 1. The Balaban J connectivity index is 3.06. The van der Waals surface area contributed by atoms with Crippen LogP contribution >= 0.6 is 15.9 Å². The standard InChI is InChI=1S/C17H24BrNO/c1-11(2)19(12(3)4)17(20)14(6)9-15-7-13(5)8-16(18)10-15/h7-12H,1-6H3/b14-9-. The fourth-order valence-corrected chi connectivity index (χ4v) is 3.05. The Morgan fingerprint density at radius 1 is 1.15 bits per heavy atom. The van der Waals surface area contributed by atoms with Crippen molar-refractivity contribution in [2.24, 2.45) is 0 Å². The molecule has 1 amide bonds. The van der Waals surface area contributed by atoms with E-state index in [2.05, 4.69) is 55.8 Å². The summed E-state index contributed by atoms with van der Waals surface area (Å²) >= 11 is 3.49. The van der Waals surface area contributed by atoms with Crippen LogP contribution in [0.1, 0.15) is 45.7 Å². The van der Waals surface area contributed by atoms with Crippen LogP contribution in [0.15, 0.2) is 28.2 Å². The highest BCUT2D eigenvalue weighted by molar-refractivity contribution is 9.10. The van der Waals surface area contributed by atoms with Gasteiger partial charge < -0.3 is 4.90 Å². The molecule has 0 atom stereocenters. The highest BCUT2D eigenvalue weighted by Gasteiger charge is 2.21. The number of benzene rings is 1. The molecule has 0 aliphatic rings. The van der Waals surface area contributed by atoms with Gasteiger partial charge in [-0.3, -0.25) is 4.79 Å². The first kappa shape index (κ1) is 17.0. The second-order valence-corrected chi connectivity index (χ2v) is 6.70. The third-order valence-electron chi connectivity index (χ3n) is 3.13. The molecule has 0 spiro atoms. The molecule has 1 rings (SSSR count). The van der Waals surface area contributed by atoms with Gasteiger partial charge in [-0.2, -0.15) is 0 Å². The lowest BCUT2D eigenvalue weighted by Crippen LogP contribution is -2.42. The minimum atomic E-state index is 0.104. The molecular weight excluding hydrogens is 314 g/mol. The van der Waals surface area contributed by atoms with Crippen LogP contribution in [0, 0.1) is 6.92 Å². The molecule has 0 heterocycles. The van der Waals surface area contributed by atoms with E-state index in [1.165, 1.54) is 5.56 Å². The molecular formula is C17H24BrNO. The summed E-state index contributed by atoms with van der Waals surface area (Å²) < 4.78 is 1.04. The molecule has 0 aromatic heterocycles. The fourth-order valence-electron chi connectivity index (χ4n) is 2.43. The van der Waals surface area contributed by atoms with Gasteiger partial charge >= 0.3 is 0 Å². The Morgan fingerprint density at radius 3 is 2.15 bits per heavy atom. The van der Waals surface area contributed by atoms with Crippen molar-refractivity contribution in [3.05, 3.63) is 39.4 Å². The van der Waals surface area contributed by atoms with Gasteiger partial charge in [0.1, 0.15) is 0 Å². The van der Waals surface area contributed by atoms with Gasteiger partial charge in [0.05, 0.1) is 0 Å². The van der Waals surface area contributed by atoms with E-state index >= 15 is 0 Å². The monoisotopic (exact) mass is 337 g/mol. The number of carbonyl (C=O) groups is 1. The summed E-state index contributed by atoms with van der Waals surface area (Å²) in [4.78, 5) is 14.5. The molecule has 2 nitrogen and oxygen atoms in total. The Kier molecular flexibility index (Phi) is 6.00.